The van der Waals surface area contributed by atoms with Crippen molar-refractivity contribution in [2.24, 2.45) is 0 Å². The molecule has 0 amide bonds. The summed E-state index contributed by atoms with van der Waals surface area (Å²) in [7, 11) is 1.59. The highest BCUT2D eigenvalue weighted by Crippen LogP contribution is 2.33. The molecule has 3 nitrogen and oxygen atoms in total. The van der Waals surface area contributed by atoms with Crippen LogP contribution < -0.4 is 0 Å². The largest absolute Gasteiger partial charge is 0.376 e. The van der Waals surface area contributed by atoms with Gasteiger partial charge in [-0.05, 0) is 30.6 Å². The lowest BCUT2D eigenvalue weighted by molar-refractivity contribution is -0.108. The number of hydrogen-bond donors (Lipinski definition) is 1. The molecule has 0 radical (unpaired) electrons. The molecule has 2 aliphatic rings. The van der Waals surface area contributed by atoms with E-state index in [1.165, 1.54) is 0 Å². The van der Waals surface area contributed by atoms with Gasteiger partial charge in [0.2, 0.25) is 0 Å². The molecule has 0 heterocycles. The maximum absolute atomic E-state index is 9.97. The summed E-state index contributed by atoms with van der Waals surface area (Å²) in [5.41, 5.74) is 0.319. The molecule has 0 saturated heterocycles. The SMILES string of the molecule is COCO[C@@]12C#C/C=C\C#C[C@H](O)C(=CCC1)C2. The Balaban J connectivity index is 2.30. The fourth-order valence-corrected chi connectivity index (χ4v) is 2.10. The molecule has 94 valence electrons. The first kappa shape index (κ1) is 12.9. The van der Waals surface area contributed by atoms with Crippen LogP contribution in [0.15, 0.2) is 23.8 Å². The lowest BCUT2D eigenvalue weighted by Gasteiger charge is -2.33. The van der Waals surface area contributed by atoms with E-state index in [4.69, 9.17) is 9.47 Å². The first-order valence-corrected chi connectivity index (χ1v) is 5.94. The van der Waals surface area contributed by atoms with E-state index < -0.39 is 11.7 Å². The van der Waals surface area contributed by atoms with Gasteiger partial charge in [-0.15, -0.1) is 0 Å². The molecule has 0 aromatic rings. The Morgan fingerprint density at radius 3 is 3.11 bits per heavy atom. The van der Waals surface area contributed by atoms with Crippen molar-refractivity contribution in [3.8, 4) is 23.7 Å². The third-order valence-electron chi connectivity index (χ3n) is 3.02. The van der Waals surface area contributed by atoms with E-state index in [-0.39, 0.29) is 6.79 Å². The quantitative estimate of drug-likeness (QED) is 0.463. The molecule has 2 aliphatic carbocycles. The van der Waals surface area contributed by atoms with Gasteiger partial charge in [-0.1, -0.05) is 29.8 Å². The Hall–Kier alpha value is -1.52. The van der Waals surface area contributed by atoms with E-state index in [1.807, 2.05) is 6.08 Å². The summed E-state index contributed by atoms with van der Waals surface area (Å²) in [5.74, 6) is 11.6. The number of ether oxygens (including phenoxy) is 2. The minimum atomic E-state index is -0.736. The van der Waals surface area contributed by atoms with Crippen molar-refractivity contribution in [1.82, 2.24) is 0 Å². The van der Waals surface area contributed by atoms with E-state index in [2.05, 4.69) is 23.7 Å². The molecular weight excluding hydrogens is 228 g/mol. The van der Waals surface area contributed by atoms with Gasteiger partial charge in [0.15, 0.2) is 0 Å². The summed E-state index contributed by atoms with van der Waals surface area (Å²) in [6.45, 7) is 0.202. The molecule has 0 saturated carbocycles. The van der Waals surface area contributed by atoms with Crippen molar-refractivity contribution < 1.29 is 14.6 Å². The normalized spacial score (nSPS) is 31.2. The van der Waals surface area contributed by atoms with Crippen molar-refractivity contribution in [3.05, 3.63) is 23.8 Å². The second-order valence-electron chi connectivity index (χ2n) is 4.33. The molecule has 0 spiro atoms. The van der Waals surface area contributed by atoms with E-state index in [9.17, 15) is 5.11 Å². The molecule has 2 atom stereocenters. The Kier molecular flexibility index (Phi) is 4.23. The summed E-state index contributed by atoms with van der Waals surface area (Å²) >= 11 is 0. The lowest BCUT2D eigenvalue weighted by Crippen LogP contribution is -2.36. The van der Waals surface area contributed by atoms with Crippen molar-refractivity contribution >= 4 is 0 Å². The van der Waals surface area contributed by atoms with Crippen molar-refractivity contribution in [2.45, 2.75) is 31.0 Å². The third kappa shape index (κ3) is 3.03. The van der Waals surface area contributed by atoms with Gasteiger partial charge < -0.3 is 14.6 Å². The zero-order chi connectivity index (χ0) is 12.8. The molecule has 0 fully saturated rings. The smallest absolute Gasteiger partial charge is 0.148 e. The van der Waals surface area contributed by atoms with Crippen LogP contribution in [0, 0.1) is 23.7 Å². The number of allylic oxidation sites excluding steroid dienone is 3. The Labute approximate surface area is 107 Å². The van der Waals surface area contributed by atoms with Crippen LogP contribution in [-0.2, 0) is 9.47 Å². The minimum Gasteiger partial charge on any atom is -0.376 e. The Morgan fingerprint density at radius 2 is 2.28 bits per heavy atom. The minimum absolute atomic E-state index is 0.202. The fourth-order valence-electron chi connectivity index (χ4n) is 2.10. The monoisotopic (exact) mass is 244 g/mol. The zero-order valence-electron chi connectivity index (χ0n) is 10.4. The van der Waals surface area contributed by atoms with Crippen LogP contribution in [0.1, 0.15) is 19.3 Å². The standard InChI is InChI=1S/C15H16O3/c1-17-12-18-15-9-5-3-2-4-8-14(16)13(11-15)7-6-10-15/h2-3,7,14,16H,6,10-12H2,1H3/b3-2-/t14-,15-/m0/s1. The number of fused-ring (bicyclic) bond motifs is 2. The van der Waals surface area contributed by atoms with Crippen LogP contribution >= 0.6 is 0 Å². The zero-order valence-corrected chi connectivity index (χ0v) is 10.4. The van der Waals surface area contributed by atoms with Gasteiger partial charge in [0.25, 0.3) is 0 Å². The maximum Gasteiger partial charge on any atom is 0.148 e. The topological polar surface area (TPSA) is 38.7 Å². The molecule has 0 unspecified atom stereocenters. The molecular formula is C15H16O3. The summed E-state index contributed by atoms with van der Waals surface area (Å²) in [6.07, 6.45) is 6.83. The highest BCUT2D eigenvalue weighted by molar-refractivity contribution is 5.36. The van der Waals surface area contributed by atoms with Crippen molar-refractivity contribution in [2.75, 3.05) is 13.9 Å². The summed E-state index contributed by atoms with van der Waals surface area (Å²) < 4.78 is 10.7. The van der Waals surface area contributed by atoms with Gasteiger partial charge in [-0.25, -0.2) is 0 Å². The van der Waals surface area contributed by atoms with E-state index in [1.54, 1.807) is 19.3 Å². The first-order chi connectivity index (χ1) is 8.76. The molecule has 18 heavy (non-hydrogen) atoms. The van der Waals surface area contributed by atoms with Crippen LogP contribution in [0.2, 0.25) is 0 Å². The van der Waals surface area contributed by atoms with Gasteiger partial charge in [0.05, 0.1) is 0 Å². The van der Waals surface area contributed by atoms with Gasteiger partial charge in [-0.3, -0.25) is 0 Å². The van der Waals surface area contributed by atoms with E-state index in [0.29, 0.717) is 6.42 Å². The second-order valence-corrected chi connectivity index (χ2v) is 4.33. The fraction of sp³-hybridized carbons (Fsp3) is 0.467. The predicted octanol–water partition coefficient (Wildman–Crippen LogP) is 1.39. The average molecular weight is 244 g/mol. The number of aliphatic hydroxyl groups excluding tert-OH is 1. The first-order valence-electron chi connectivity index (χ1n) is 5.94. The van der Waals surface area contributed by atoms with Gasteiger partial charge in [0, 0.05) is 13.5 Å². The molecule has 1 N–H and O–H groups in total. The number of hydrogen-bond acceptors (Lipinski definition) is 3. The van der Waals surface area contributed by atoms with Crippen molar-refractivity contribution in [1.29, 1.82) is 0 Å². The predicted molar refractivity (Wildman–Crippen MR) is 68.3 cm³/mol. The molecule has 2 bridgehead atoms. The molecule has 0 aromatic heterocycles. The maximum atomic E-state index is 9.97. The summed E-state index contributed by atoms with van der Waals surface area (Å²) in [5, 5.41) is 9.97. The average Bonchev–Trinajstić information content (AvgIpc) is 2.40. The number of rotatable bonds is 3. The highest BCUT2D eigenvalue weighted by atomic mass is 16.7. The van der Waals surface area contributed by atoms with Gasteiger partial charge in [0.1, 0.15) is 18.5 Å². The molecule has 2 rings (SSSR count). The van der Waals surface area contributed by atoms with E-state index in [0.717, 1.165) is 18.4 Å². The molecule has 0 aromatic carbocycles. The van der Waals surface area contributed by atoms with Crippen LogP contribution in [-0.4, -0.2) is 30.7 Å². The summed E-state index contributed by atoms with van der Waals surface area (Å²) in [6, 6.07) is 0. The molecule has 3 heteroatoms. The van der Waals surface area contributed by atoms with Crippen LogP contribution in [0.5, 0.6) is 0 Å². The Morgan fingerprint density at radius 1 is 1.44 bits per heavy atom. The number of methoxy groups -OCH3 is 1. The van der Waals surface area contributed by atoms with E-state index >= 15 is 0 Å². The second kappa shape index (κ2) is 5.89. The van der Waals surface area contributed by atoms with Crippen LogP contribution in [0.4, 0.5) is 0 Å². The van der Waals surface area contributed by atoms with Crippen LogP contribution in [0.25, 0.3) is 0 Å². The third-order valence-corrected chi connectivity index (χ3v) is 3.02. The van der Waals surface area contributed by atoms with Gasteiger partial charge >= 0.3 is 0 Å². The Bertz CT molecular complexity index is 481. The molecule has 0 aliphatic heterocycles. The van der Waals surface area contributed by atoms with Gasteiger partial charge in [-0.2, -0.15) is 0 Å². The summed E-state index contributed by atoms with van der Waals surface area (Å²) in [4.78, 5) is 0. The highest BCUT2D eigenvalue weighted by Gasteiger charge is 2.34. The van der Waals surface area contributed by atoms with Crippen LogP contribution in [0.3, 0.4) is 0 Å². The number of aliphatic hydroxyl groups is 1. The van der Waals surface area contributed by atoms with Crippen molar-refractivity contribution in [3.63, 3.8) is 0 Å². The lowest BCUT2D eigenvalue weighted by atomic mass is 9.82.